The SMILES string of the molecule is CC1(CC(=O)N2CCC3(CC2)CC3CNC(=O)N2Cc3ccncc3C2)CCN(C(=O)O)CC1. The first-order valence-electron chi connectivity index (χ1n) is 12.5. The molecule has 9 nitrogen and oxygen atoms in total. The number of amides is 4. The molecule has 1 aliphatic carbocycles. The Bertz CT molecular complexity index is 941. The van der Waals surface area contributed by atoms with Gasteiger partial charge in [-0.25, -0.2) is 9.59 Å². The minimum absolute atomic E-state index is 0.00643. The highest BCUT2D eigenvalue weighted by molar-refractivity contribution is 5.77. The third-order valence-electron chi connectivity index (χ3n) is 8.80. The predicted molar refractivity (Wildman–Crippen MR) is 125 cm³/mol. The summed E-state index contributed by atoms with van der Waals surface area (Å²) in [5.41, 5.74) is 2.46. The van der Waals surface area contributed by atoms with Crippen LogP contribution in [0.2, 0.25) is 0 Å². The summed E-state index contributed by atoms with van der Waals surface area (Å²) >= 11 is 0. The number of pyridine rings is 1. The summed E-state index contributed by atoms with van der Waals surface area (Å²) in [7, 11) is 0. The largest absolute Gasteiger partial charge is 0.465 e. The van der Waals surface area contributed by atoms with Crippen molar-refractivity contribution < 1.29 is 19.5 Å². The molecule has 1 spiro atoms. The molecule has 1 atom stereocenters. The number of hydrogen-bond donors (Lipinski definition) is 2. The Morgan fingerprint density at radius 3 is 2.38 bits per heavy atom. The number of rotatable bonds is 4. The number of likely N-dealkylation sites (tertiary alicyclic amines) is 2. The third kappa shape index (κ3) is 4.57. The Kier molecular flexibility index (Phi) is 5.90. The second kappa shape index (κ2) is 8.74. The molecule has 9 heteroatoms. The fourth-order valence-electron chi connectivity index (χ4n) is 6.11. The molecule has 5 rings (SSSR count). The van der Waals surface area contributed by atoms with Crippen molar-refractivity contribution in [3.05, 3.63) is 29.6 Å². The first kappa shape index (κ1) is 22.9. The summed E-state index contributed by atoms with van der Waals surface area (Å²) in [6.07, 6.45) is 7.86. The summed E-state index contributed by atoms with van der Waals surface area (Å²) in [5, 5.41) is 12.3. The predicted octanol–water partition coefficient (Wildman–Crippen LogP) is 2.91. The molecule has 1 aromatic rings. The number of nitrogens with one attached hydrogen (secondary N) is 1. The third-order valence-corrected chi connectivity index (χ3v) is 8.80. The van der Waals surface area contributed by atoms with E-state index in [1.165, 1.54) is 10.5 Å². The quantitative estimate of drug-likeness (QED) is 0.705. The molecule has 4 amide bonds. The van der Waals surface area contributed by atoms with Crippen LogP contribution in [0.15, 0.2) is 18.5 Å². The van der Waals surface area contributed by atoms with Gasteiger partial charge < -0.3 is 25.1 Å². The number of carbonyl (C=O) groups is 3. The molecule has 0 radical (unpaired) electrons. The van der Waals surface area contributed by atoms with Gasteiger partial charge in [0.15, 0.2) is 0 Å². The van der Waals surface area contributed by atoms with Gasteiger partial charge in [-0.3, -0.25) is 9.78 Å². The van der Waals surface area contributed by atoms with Gasteiger partial charge >= 0.3 is 12.1 Å². The Morgan fingerprint density at radius 2 is 1.71 bits per heavy atom. The number of aromatic nitrogens is 1. The van der Waals surface area contributed by atoms with Gasteiger partial charge in [-0.2, -0.15) is 0 Å². The maximum Gasteiger partial charge on any atom is 0.407 e. The summed E-state index contributed by atoms with van der Waals surface area (Å²) < 4.78 is 0. The van der Waals surface area contributed by atoms with Gasteiger partial charge in [0.25, 0.3) is 0 Å². The van der Waals surface area contributed by atoms with Crippen molar-refractivity contribution in [3.8, 4) is 0 Å². The number of piperidine rings is 2. The number of nitrogens with zero attached hydrogens (tertiary/aromatic N) is 4. The molecular weight excluding hydrogens is 434 g/mol. The van der Waals surface area contributed by atoms with E-state index in [2.05, 4.69) is 17.2 Å². The average Bonchev–Trinajstić information content (AvgIpc) is 3.29. The zero-order valence-corrected chi connectivity index (χ0v) is 20.0. The van der Waals surface area contributed by atoms with Gasteiger partial charge in [0.2, 0.25) is 5.91 Å². The Morgan fingerprint density at radius 1 is 1.03 bits per heavy atom. The van der Waals surface area contributed by atoms with E-state index in [1.54, 1.807) is 6.20 Å². The fraction of sp³-hybridized carbons (Fsp3) is 0.680. The topological polar surface area (TPSA) is 106 Å². The van der Waals surface area contributed by atoms with Gasteiger partial charge in [-0.1, -0.05) is 6.92 Å². The lowest BCUT2D eigenvalue weighted by Gasteiger charge is -2.40. The molecule has 0 aromatic carbocycles. The van der Waals surface area contributed by atoms with Crippen LogP contribution < -0.4 is 5.32 Å². The molecule has 34 heavy (non-hydrogen) atoms. The fourth-order valence-corrected chi connectivity index (χ4v) is 6.11. The molecule has 1 saturated carbocycles. The van der Waals surface area contributed by atoms with Crippen LogP contribution in [-0.4, -0.2) is 75.5 Å². The molecule has 0 bridgehead atoms. The molecule has 2 N–H and O–H groups in total. The Hall–Kier alpha value is -2.84. The van der Waals surface area contributed by atoms with Gasteiger partial charge in [0.05, 0.1) is 0 Å². The molecule has 2 saturated heterocycles. The van der Waals surface area contributed by atoms with E-state index in [-0.39, 0.29) is 22.8 Å². The lowest BCUT2D eigenvalue weighted by Crippen LogP contribution is -2.45. The number of hydrogen-bond acceptors (Lipinski definition) is 4. The highest BCUT2D eigenvalue weighted by Gasteiger charge is 2.55. The number of carboxylic acid groups (broad SMARTS) is 1. The van der Waals surface area contributed by atoms with E-state index < -0.39 is 6.09 Å². The monoisotopic (exact) mass is 469 g/mol. The minimum Gasteiger partial charge on any atom is -0.465 e. The zero-order chi connectivity index (χ0) is 23.9. The van der Waals surface area contributed by atoms with E-state index in [1.807, 2.05) is 22.1 Å². The van der Waals surface area contributed by atoms with Crippen LogP contribution in [0.3, 0.4) is 0 Å². The average molecular weight is 470 g/mol. The maximum atomic E-state index is 13.0. The number of carbonyl (C=O) groups excluding carboxylic acids is 2. The van der Waals surface area contributed by atoms with Gasteiger partial charge in [-0.15, -0.1) is 0 Å². The molecule has 184 valence electrons. The van der Waals surface area contributed by atoms with Crippen LogP contribution in [-0.2, 0) is 17.9 Å². The Balaban J connectivity index is 1.04. The molecule has 1 unspecified atom stereocenters. The number of fused-ring (bicyclic) bond motifs is 1. The highest BCUT2D eigenvalue weighted by Crippen LogP contribution is 2.59. The molecule has 4 aliphatic rings. The lowest BCUT2D eigenvalue weighted by molar-refractivity contribution is -0.135. The van der Waals surface area contributed by atoms with Crippen LogP contribution in [0.25, 0.3) is 0 Å². The molecular formula is C25H35N5O4. The van der Waals surface area contributed by atoms with Crippen LogP contribution >= 0.6 is 0 Å². The number of urea groups is 1. The van der Waals surface area contributed by atoms with E-state index in [9.17, 15) is 14.4 Å². The van der Waals surface area contributed by atoms with E-state index in [0.29, 0.717) is 45.1 Å². The molecule has 3 aliphatic heterocycles. The molecule has 4 heterocycles. The van der Waals surface area contributed by atoms with Crippen molar-refractivity contribution in [3.63, 3.8) is 0 Å². The first-order valence-corrected chi connectivity index (χ1v) is 12.5. The zero-order valence-electron chi connectivity index (χ0n) is 20.0. The van der Waals surface area contributed by atoms with Gasteiger partial charge in [-0.05, 0) is 66.0 Å². The van der Waals surface area contributed by atoms with Crippen molar-refractivity contribution in [2.24, 2.45) is 16.7 Å². The normalized spacial score (nSPS) is 24.6. The van der Waals surface area contributed by atoms with Crippen LogP contribution in [0.1, 0.15) is 56.6 Å². The van der Waals surface area contributed by atoms with Gasteiger partial charge in [0.1, 0.15) is 0 Å². The highest BCUT2D eigenvalue weighted by atomic mass is 16.4. The molecule has 1 aromatic heterocycles. The summed E-state index contributed by atoms with van der Waals surface area (Å²) in [4.78, 5) is 46.2. The van der Waals surface area contributed by atoms with Crippen LogP contribution in [0.5, 0.6) is 0 Å². The second-order valence-electron chi connectivity index (χ2n) is 11.1. The Labute approximate surface area is 200 Å². The minimum atomic E-state index is -0.868. The smallest absolute Gasteiger partial charge is 0.407 e. The van der Waals surface area contributed by atoms with Crippen LogP contribution in [0.4, 0.5) is 9.59 Å². The van der Waals surface area contributed by atoms with Crippen LogP contribution in [0, 0.1) is 16.7 Å². The summed E-state index contributed by atoms with van der Waals surface area (Å²) in [6.45, 7) is 6.68. The lowest BCUT2D eigenvalue weighted by atomic mass is 9.77. The van der Waals surface area contributed by atoms with E-state index in [0.717, 1.165) is 50.8 Å². The first-order chi connectivity index (χ1) is 16.3. The van der Waals surface area contributed by atoms with Crippen molar-refractivity contribution >= 4 is 18.0 Å². The summed E-state index contributed by atoms with van der Waals surface area (Å²) in [6, 6.07) is 1.97. The second-order valence-corrected chi connectivity index (χ2v) is 11.1. The van der Waals surface area contributed by atoms with Crippen molar-refractivity contribution in [2.75, 3.05) is 32.7 Å². The van der Waals surface area contributed by atoms with E-state index in [4.69, 9.17) is 5.11 Å². The van der Waals surface area contributed by atoms with Crippen molar-refractivity contribution in [1.29, 1.82) is 0 Å². The molecule has 3 fully saturated rings. The van der Waals surface area contributed by atoms with E-state index >= 15 is 0 Å². The van der Waals surface area contributed by atoms with Gasteiger partial charge in [0, 0.05) is 64.6 Å². The summed E-state index contributed by atoms with van der Waals surface area (Å²) in [5.74, 6) is 0.702. The van der Waals surface area contributed by atoms with Crippen molar-refractivity contribution in [1.82, 2.24) is 25.0 Å². The maximum absolute atomic E-state index is 13.0. The standard InChI is InChI=1S/C25H35N5O4/c1-24(3-8-29(9-4-24)23(33)34)13-21(31)28-10-5-25(6-11-28)12-20(25)15-27-22(32)30-16-18-2-7-26-14-19(18)17-30/h2,7,14,20H,3-6,8-13,15-17H2,1H3,(H,27,32)(H,33,34). The van der Waals surface area contributed by atoms with Crippen molar-refractivity contribution in [2.45, 2.75) is 58.5 Å².